The third kappa shape index (κ3) is 3.57. The van der Waals surface area contributed by atoms with Gasteiger partial charge in [0.2, 0.25) is 0 Å². The normalized spacial score (nSPS) is 9.93. The fourth-order valence-electron chi connectivity index (χ4n) is 1.24. The number of nitrogens with two attached hydrogens (primary N) is 1. The highest BCUT2D eigenvalue weighted by atomic mass is 35.5. The number of aromatic nitrogens is 1. The van der Waals surface area contributed by atoms with Gasteiger partial charge in [0.15, 0.2) is 0 Å². The zero-order chi connectivity index (χ0) is 10.7. The number of ether oxygens (including phenoxy) is 1. The van der Waals surface area contributed by atoms with E-state index in [1.54, 1.807) is 6.07 Å². The Morgan fingerprint density at radius 1 is 1.53 bits per heavy atom. The molecule has 1 aromatic heterocycles. The van der Waals surface area contributed by atoms with Crippen molar-refractivity contribution in [2.24, 2.45) is 5.73 Å². The van der Waals surface area contributed by atoms with E-state index >= 15 is 0 Å². The van der Waals surface area contributed by atoms with Gasteiger partial charge in [-0.15, -0.1) is 12.4 Å². The second-order valence-electron chi connectivity index (χ2n) is 3.50. The van der Waals surface area contributed by atoms with Gasteiger partial charge in [-0.2, -0.15) is 0 Å². The molecule has 1 heterocycles. The number of halogens is 1. The van der Waals surface area contributed by atoms with Gasteiger partial charge in [0.25, 0.3) is 5.56 Å². The van der Waals surface area contributed by atoms with E-state index < -0.39 is 0 Å². The van der Waals surface area contributed by atoms with Crippen molar-refractivity contribution >= 4 is 12.4 Å². The average Bonchev–Trinajstić information content (AvgIpc) is 2.01. The van der Waals surface area contributed by atoms with E-state index in [0.717, 1.165) is 5.69 Å². The van der Waals surface area contributed by atoms with Crippen LogP contribution in [0, 0.1) is 6.92 Å². The van der Waals surface area contributed by atoms with Gasteiger partial charge < -0.3 is 15.5 Å². The van der Waals surface area contributed by atoms with Gasteiger partial charge in [-0.1, -0.05) is 0 Å². The molecule has 4 nitrogen and oxygen atoms in total. The highest BCUT2D eigenvalue weighted by Crippen LogP contribution is 2.16. The Kier molecular flexibility index (Phi) is 5.39. The molecule has 0 saturated heterocycles. The van der Waals surface area contributed by atoms with Crippen LogP contribution in [0.3, 0.4) is 0 Å². The Hall–Kier alpha value is -1.00. The van der Waals surface area contributed by atoms with Gasteiger partial charge >= 0.3 is 0 Å². The molecule has 3 N–H and O–H groups in total. The van der Waals surface area contributed by atoms with Crippen LogP contribution in [0.1, 0.15) is 25.1 Å². The molecule has 0 unspecified atom stereocenters. The van der Waals surface area contributed by atoms with Crippen LogP contribution < -0.4 is 16.0 Å². The van der Waals surface area contributed by atoms with Crippen molar-refractivity contribution in [2.45, 2.75) is 33.4 Å². The molecule has 1 rings (SSSR count). The summed E-state index contributed by atoms with van der Waals surface area (Å²) in [5.41, 5.74) is 6.60. The largest absolute Gasteiger partial charge is 0.490 e. The van der Waals surface area contributed by atoms with Crippen LogP contribution in [0.5, 0.6) is 5.75 Å². The first-order valence-electron chi connectivity index (χ1n) is 4.64. The van der Waals surface area contributed by atoms with Crippen molar-refractivity contribution in [1.29, 1.82) is 0 Å². The smallest absolute Gasteiger partial charge is 0.256 e. The zero-order valence-corrected chi connectivity index (χ0v) is 9.98. The Morgan fingerprint density at radius 3 is 2.60 bits per heavy atom. The summed E-state index contributed by atoms with van der Waals surface area (Å²) in [5, 5.41) is 0. The molecule has 0 spiro atoms. The van der Waals surface area contributed by atoms with Gasteiger partial charge in [0.1, 0.15) is 5.75 Å². The Morgan fingerprint density at radius 2 is 2.13 bits per heavy atom. The van der Waals surface area contributed by atoms with Crippen LogP contribution >= 0.6 is 12.4 Å². The summed E-state index contributed by atoms with van der Waals surface area (Å²) in [6, 6.07) is 1.80. The molecule has 0 aliphatic heterocycles. The van der Waals surface area contributed by atoms with Gasteiger partial charge in [0, 0.05) is 12.2 Å². The molecule has 0 atom stereocenters. The number of H-pyrrole nitrogens is 1. The SMILES string of the molecule is Cc1cc(OC(C)C)c(CN)c(=O)[nH]1.Cl. The van der Waals surface area contributed by atoms with Gasteiger partial charge in [-0.3, -0.25) is 4.79 Å². The number of nitrogens with one attached hydrogen (secondary N) is 1. The maximum Gasteiger partial charge on any atom is 0.256 e. The quantitative estimate of drug-likeness (QED) is 0.827. The lowest BCUT2D eigenvalue weighted by atomic mass is 10.2. The second kappa shape index (κ2) is 5.78. The molecular weight excluding hydrogens is 216 g/mol. The number of aryl methyl sites for hydroxylation is 1. The monoisotopic (exact) mass is 232 g/mol. The minimum Gasteiger partial charge on any atom is -0.490 e. The summed E-state index contributed by atoms with van der Waals surface area (Å²) in [4.78, 5) is 14.1. The van der Waals surface area contributed by atoms with Crippen LogP contribution in [0.15, 0.2) is 10.9 Å². The van der Waals surface area contributed by atoms with Gasteiger partial charge in [-0.25, -0.2) is 0 Å². The maximum atomic E-state index is 11.5. The van der Waals surface area contributed by atoms with Crippen molar-refractivity contribution in [2.75, 3.05) is 0 Å². The first kappa shape index (κ1) is 14.0. The lowest BCUT2D eigenvalue weighted by molar-refractivity contribution is 0.239. The van der Waals surface area contributed by atoms with Crippen molar-refractivity contribution < 1.29 is 4.74 Å². The van der Waals surface area contributed by atoms with Crippen LogP contribution in [-0.2, 0) is 6.54 Å². The first-order chi connectivity index (χ1) is 6.54. The average molecular weight is 233 g/mol. The zero-order valence-electron chi connectivity index (χ0n) is 9.16. The predicted octanol–water partition coefficient (Wildman–Crippen LogP) is 1.35. The summed E-state index contributed by atoms with van der Waals surface area (Å²) in [7, 11) is 0. The lowest BCUT2D eigenvalue weighted by Gasteiger charge is -2.13. The fraction of sp³-hybridized carbons (Fsp3) is 0.500. The molecule has 0 bridgehead atoms. The molecule has 86 valence electrons. The molecule has 0 saturated carbocycles. The Bertz CT molecular complexity index is 374. The van der Waals surface area contributed by atoms with Crippen LogP contribution in [0.25, 0.3) is 0 Å². The van der Waals surface area contributed by atoms with E-state index in [4.69, 9.17) is 10.5 Å². The molecule has 0 aliphatic rings. The summed E-state index contributed by atoms with van der Waals surface area (Å²) < 4.78 is 5.50. The summed E-state index contributed by atoms with van der Waals surface area (Å²) in [6.07, 6.45) is 0.0431. The van der Waals surface area contributed by atoms with E-state index in [2.05, 4.69) is 4.98 Å². The van der Waals surface area contributed by atoms with Crippen molar-refractivity contribution in [3.63, 3.8) is 0 Å². The van der Waals surface area contributed by atoms with E-state index in [1.165, 1.54) is 0 Å². The Labute approximate surface area is 95.2 Å². The molecule has 15 heavy (non-hydrogen) atoms. The van der Waals surface area contributed by atoms with E-state index in [9.17, 15) is 4.79 Å². The van der Waals surface area contributed by atoms with E-state index in [-0.39, 0.29) is 30.6 Å². The molecule has 5 heteroatoms. The summed E-state index contributed by atoms with van der Waals surface area (Å²) in [5.74, 6) is 0.587. The fourth-order valence-corrected chi connectivity index (χ4v) is 1.24. The first-order valence-corrected chi connectivity index (χ1v) is 4.64. The van der Waals surface area contributed by atoms with Crippen molar-refractivity contribution in [3.8, 4) is 5.75 Å². The van der Waals surface area contributed by atoms with Crippen molar-refractivity contribution in [1.82, 2.24) is 4.98 Å². The van der Waals surface area contributed by atoms with E-state index in [1.807, 2.05) is 20.8 Å². The highest BCUT2D eigenvalue weighted by molar-refractivity contribution is 5.85. The molecule has 1 aromatic rings. The lowest BCUT2D eigenvalue weighted by Crippen LogP contribution is -2.20. The Balaban J connectivity index is 0.00000196. The minimum atomic E-state index is -0.164. The van der Waals surface area contributed by atoms with Crippen LogP contribution in [0.4, 0.5) is 0 Å². The number of rotatable bonds is 3. The minimum absolute atomic E-state index is 0. The number of pyridine rings is 1. The third-order valence-corrected chi connectivity index (χ3v) is 1.80. The van der Waals surface area contributed by atoms with Gasteiger partial charge in [0.05, 0.1) is 11.7 Å². The van der Waals surface area contributed by atoms with Crippen LogP contribution in [-0.4, -0.2) is 11.1 Å². The molecule has 0 fully saturated rings. The number of hydrogen-bond donors (Lipinski definition) is 2. The maximum absolute atomic E-state index is 11.5. The highest BCUT2D eigenvalue weighted by Gasteiger charge is 2.09. The van der Waals surface area contributed by atoms with E-state index in [0.29, 0.717) is 11.3 Å². The molecule has 0 radical (unpaired) electrons. The summed E-state index contributed by atoms with van der Waals surface area (Å²) in [6.45, 7) is 5.83. The van der Waals surface area contributed by atoms with Gasteiger partial charge in [-0.05, 0) is 26.8 Å². The molecule has 0 amide bonds. The molecule has 0 aliphatic carbocycles. The molecule has 0 aromatic carbocycles. The standard InChI is InChI=1S/C10H16N2O2.ClH/c1-6(2)14-9-4-7(3)12-10(13)8(9)5-11;/h4,6H,5,11H2,1-3H3,(H,12,13);1H. The summed E-state index contributed by atoms with van der Waals surface area (Å²) >= 11 is 0. The van der Waals surface area contributed by atoms with Crippen molar-refractivity contribution in [3.05, 3.63) is 27.7 Å². The number of hydrogen-bond acceptors (Lipinski definition) is 3. The topological polar surface area (TPSA) is 68.1 Å². The molecular formula is C10H17ClN2O2. The van der Waals surface area contributed by atoms with Crippen LogP contribution in [0.2, 0.25) is 0 Å². The third-order valence-electron chi connectivity index (χ3n) is 1.80. The second-order valence-corrected chi connectivity index (χ2v) is 3.50. The predicted molar refractivity (Wildman–Crippen MR) is 62.7 cm³/mol. The number of aromatic amines is 1.